The molecule has 4 atom stereocenters. The zero-order valence-corrected chi connectivity index (χ0v) is 16.6. The van der Waals surface area contributed by atoms with Gasteiger partial charge in [-0.15, -0.1) is 0 Å². The first-order valence-electron chi connectivity index (χ1n) is 10.2. The molecule has 0 aromatic carbocycles. The van der Waals surface area contributed by atoms with Crippen LogP contribution in [0.2, 0.25) is 0 Å². The summed E-state index contributed by atoms with van der Waals surface area (Å²) in [5.74, 6) is -0.861. The van der Waals surface area contributed by atoms with Crippen LogP contribution in [0.4, 0.5) is 4.79 Å². The topological polar surface area (TPSA) is 79.4 Å². The van der Waals surface area contributed by atoms with Crippen molar-refractivity contribution in [2.75, 3.05) is 33.2 Å². The zero-order chi connectivity index (χ0) is 19.8. The molecule has 0 aliphatic carbocycles. The fourth-order valence-electron chi connectivity index (χ4n) is 5.64. The van der Waals surface area contributed by atoms with Crippen molar-refractivity contribution < 1.29 is 23.9 Å². The number of ether oxygens (including phenoxy) is 2. The number of carbonyl (C=O) groups is 3. The predicted molar refractivity (Wildman–Crippen MR) is 98.2 cm³/mol. The summed E-state index contributed by atoms with van der Waals surface area (Å²) in [7, 11) is 1.74. The molecule has 152 valence electrons. The van der Waals surface area contributed by atoms with Gasteiger partial charge in [0, 0.05) is 39.0 Å². The van der Waals surface area contributed by atoms with E-state index in [0.29, 0.717) is 39.0 Å². The summed E-state index contributed by atoms with van der Waals surface area (Å²) >= 11 is 0. The molecule has 0 N–H and O–H groups in total. The molecule has 2 spiro atoms. The van der Waals surface area contributed by atoms with E-state index in [4.69, 9.17) is 9.47 Å². The quantitative estimate of drug-likeness (QED) is 0.647. The summed E-state index contributed by atoms with van der Waals surface area (Å²) in [6.07, 6.45) is 4.59. The minimum Gasteiger partial charge on any atom is -0.441 e. The van der Waals surface area contributed by atoms with Gasteiger partial charge in [-0.1, -0.05) is 12.2 Å². The second kappa shape index (κ2) is 5.72. The molecule has 0 radical (unpaired) electrons. The van der Waals surface area contributed by atoms with Gasteiger partial charge in [0.1, 0.15) is 11.2 Å². The first kappa shape index (κ1) is 18.0. The second-order valence-corrected chi connectivity index (χ2v) is 9.19. The highest BCUT2D eigenvalue weighted by Gasteiger charge is 2.67. The molecular weight excluding hydrogens is 362 g/mol. The lowest BCUT2D eigenvalue weighted by Crippen LogP contribution is -2.52. The molecule has 0 aromatic rings. The maximum Gasteiger partial charge on any atom is 0.410 e. The molecule has 4 saturated heterocycles. The zero-order valence-electron chi connectivity index (χ0n) is 16.6. The third-order valence-electron chi connectivity index (χ3n) is 7.17. The molecule has 5 heterocycles. The monoisotopic (exact) mass is 389 g/mol. The number of rotatable bonds is 2. The predicted octanol–water partition coefficient (Wildman–Crippen LogP) is 0.620. The molecule has 8 heteroatoms. The fourth-order valence-corrected chi connectivity index (χ4v) is 5.64. The third kappa shape index (κ3) is 2.30. The van der Waals surface area contributed by atoms with Crippen LogP contribution in [0.1, 0.15) is 26.7 Å². The highest BCUT2D eigenvalue weighted by molar-refractivity contribution is 5.93. The summed E-state index contributed by atoms with van der Waals surface area (Å²) in [6, 6.07) is 0.0863. The maximum atomic E-state index is 13.4. The number of hydrogen-bond acceptors (Lipinski definition) is 5. The van der Waals surface area contributed by atoms with Crippen molar-refractivity contribution in [2.24, 2.45) is 11.8 Å². The number of carbonyl (C=O) groups excluding carboxylic acids is 3. The molecular formula is C20H27N3O5. The Hall–Kier alpha value is -2.09. The van der Waals surface area contributed by atoms with Gasteiger partial charge >= 0.3 is 6.09 Å². The molecule has 0 aromatic heterocycles. The molecule has 5 rings (SSSR count). The molecule has 5 aliphatic heterocycles. The van der Waals surface area contributed by atoms with Crippen LogP contribution in [0.3, 0.4) is 0 Å². The average molecular weight is 389 g/mol. The minimum absolute atomic E-state index is 0.00675. The molecule has 2 bridgehead atoms. The summed E-state index contributed by atoms with van der Waals surface area (Å²) in [5.41, 5.74) is -1.13. The highest BCUT2D eigenvalue weighted by Crippen LogP contribution is 2.53. The lowest BCUT2D eigenvalue weighted by Gasteiger charge is -2.39. The van der Waals surface area contributed by atoms with Crippen LogP contribution in [0.25, 0.3) is 0 Å². The van der Waals surface area contributed by atoms with Gasteiger partial charge in [0.05, 0.1) is 31.0 Å². The van der Waals surface area contributed by atoms with E-state index >= 15 is 0 Å². The van der Waals surface area contributed by atoms with Crippen LogP contribution in [-0.4, -0.2) is 89.2 Å². The number of fused-ring (bicyclic) bond motifs is 1. The van der Waals surface area contributed by atoms with Crippen molar-refractivity contribution in [1.29, 1.82) is 0 Å². The lowest BCUT2D eigenvalue weighted by molar-refractivity contribution is -0.146. The van der Waals surface area contributed by atoms with Crippen molar-refractivity contribution in [2.45, 2.75) is 50.0 Å². The standard InChI is InChI=1S/C20H27N3O5/c1-12(2)23-11-20-5-4-13(27-20)14(15(20)17(23)25)16(24)22-8-6-19(7-9-22)10-21(3)18(26)28-19/h4-5,12-15H,6-11H2,1-3H3/t13-,14-,15+,20-/m0/s1. The molecule has 0 saturated carbocycles. The molecule has 4 fully saturated rings. The molecule has 8 nitrogen and oxygen atoms in total. The minimum atomic E-state index is -0.646. The van der Waals surface area contributed by atoms with Crippen LogP contribution in [0, 0.1) is 11.8 Å². The van der Waals surface area contributed by atoms with Crippen LogP contribution in [0.5, 0.6) is 0 Å². The summed E-state index contributed by atoms with van der Waals surface area (Å²) in [4.78, 5) is 43.5. The Morgan fingerprint density at radius 2 is 1.93 bits per heavy atom. The molecule has 0 unspecified atom stereocenters. The van der Waals surface area contributed by atoms with Crippen molar-refractivity contribution in [3.05, 3.63) is 12.2 Å². The van der Waals surface area contributed by atoms with Gasteiger partial charge in [-0.3, -0.25) is 9.59 Å². The Kier molecular flexibility index (Phi) is 3.67. The summed E-state index contributed by atoms with van der Waals surface area (Å²) in [6.45, 7) is 6.15. The van der Waals surface area contributed by atoms with E-state index in [1.165, 1.54) is 0 Å². The van der Waals surface area contributed by atoms with Crippen molar-refractivity contribution in [1.82, 2.24) is 14.7 Å². The van der Waals surface area contributed by atoms with Crippen LogP contribution in [-0.2, 0) is 19.1 Å². The lowest BCUT2D eigenvalue weighted by atomic mass is 9.76. The Morgan fingerprint density at radius 1 is 1.21 bits per heavy atom. The van der Waals surface area contributed by atoms with Gasteiger partial charge < -0.3 is 24.2 Å². The largest absolute Gasteiger partial charge is 0.441 e. The van der Waals surface area contributed by atoms with E-state index in [2.05, 4.69) is 0 Å². The third-order valence-corrected chi connectivity index (χ3v) is 7.17. The first-order chi connectivity index (χ1) is 13.3. The molecule has 28 heavy (non-hydrogen) atoms. The Bertz CT molecular complexity index is 772. The van der Waals surface area contributed by atoms with E-state index in [1.807, 2.05) is 35.8 Å². The van der Waals surface area contributed by atoms with Gasteiger partial charge in [0.25, 0.3) is 0 Å². The number of likely N-dealkylation sites (tertiary alicyclic amines) is 2. The van der Waals surface area contributed by atoms with Crippen LogP contribution >= 0.6 is 0 Å². The van der Waals surface area contributed by atoms with E-state index in [9.17, 15) is 14.4 Å². The Labute approximate surface area is 164 Å². The van der Waals surface area contributed by atoms with Gasteiger partial charge in [-0.25, -0.2) is 4.79 Å². The second-order valence-electron chi connectivity index (χ2n) is 9.19. The van der Waals surface area contributed by atoms with Crippen LogP contribution in [0.15, 0.2) is 12.2 Å². The summed E-state index contributed by atoms with van der Waals surface area (Å²) in [5, 5.41) is 0. The molecule has 3 amide bonds. The molecule has 5 aliphatic rings. The SMILES string of the molecule is CC(C)N1C[C@]23C=C[C@H](O2)[C@H](C(=O)N2CCC4(CC2)CN(C)C(=O)O4)[C@@H]3C1=O. The average Bonchev–Trinajstić information content (AvgIpc) is 3.35. The van der Waals surface area contributed by atoms with E-state index in [0.717, 1.165) is 0 Å². The van der Waals surface area contributed by atoms with Crippen molar-refractivity contribution in [3.63, 3.8) is 0 Å². The van der Waals surface area contributed by atoms with Crippen LogP contribution < -0.4 is 0 Å². The maximum absolute atomic E-state index is 13.4. The number of piperidine rings is 1. The smallest absolute Gasteiger partial charge is 0.410 e. The number of hydrogen-bond donors (Lipinski definition) is 0. The Morgan fingerprint density at radius 3 is 2.54 bits per heavy atom. The van der Waals surface area contributed by atoms with Gasteiger partial charge in [0.2, 0.25) is 11.8 Å². The van der Waals surface area contributed by atoms with E-state index < -0.39 is 23.0 Å². The highest BCUT2D eigenvalue weighted by atomic mass is 16.6. The summed E-state index contributed by atoms with van der Waals surface area (Å²) < 4.78 is 11.8. The van der Waals surface area contributed by atoms with Crippen molar-refractivity contribution in [3.8, 4) is 0 Å². The number of amides is 3. The van der Waals surface area contributed by atoms with Gasteiger partial charge in [0.15, 0.2) is 0 Å². The van der Waals surface area contributed by atoms with E-state index in [-0.39, 0.29) is 30.1 Å². The number of likely N-dealkylation sites (N-methyl/N-ethyl adjacent to an activating group) is 1. The van der Waals surface area contributed by atoms with Crippen molar-refractivity contribution >= 4 is 17.9 Å². The first-order valence-corrected chi connectivity index (χ1v) is 10.2. The van der Waals surface area contributed by atoms with E-state index in [1.54, 1.807) is 11.9 Å². The normalized spacial score (nSPS) is 38.1. The van der Waals surface area contributed by atoms with Gasteiger partial charge in [-0.2, -0.15) is 0 Å². The Balaban J connectivity index is 1.32. The van der Waals surface area contributed by atoms with Gasteiger partial charge in [-0.05, 0) is 13.8 Å². The number of nitrogens with zero attached hydrogens (tertiary/aromatic N) is 3. The fraction of sp³-hybridized carbons (Fsp3) is 0.750.